The number of pyridine rings is 1. The van der Waals surface area contributed by atoms with Gasteiger partial charge in [-0.25, -0.2) is 9.18 Å². The SMILES string of the molecule is O=C(c1ccc(=O)[nH]c1)N1CCC([C@@]2(Cc3ccc(F)cc3)NC(=O)N(C[C@@H]3CCCO3)C2=O)CC1. The number of ether oxygens (including phenoxy) is 1. The summed E-state index contributed by atoms with van der Waals surface area (Å²) in [6, 6.07) is 8.33. The van der Waals surface area contributed by atoms with Gasteiger partial charge in [-0.2, -0.15) is 0 Å². The number of carbonyl (C=O) groups excluding carboxylic acids is 3. The maximum Gasteiger partial charge on any atom is 0.325 e. The van der Waals surface area contributed by atoms with Gasteiger partial charge in [0, 0.05) is 38.4 Å². The van der Waals surface area contributed by atoms with Crippen molar-refractivity contribution in [3.05, 3.63) is 69.9 Å². The van der Waals surface area contributed by atoms with E-state index in [-0.39, 0.29) is 48.2 Å². The number of urea groups is 1. The van der Waals surface area contributed by atoms with Crippen LogP contribution in [0.1, 0.15) is 41.6 Å². The fraction of sp³-hybridized carbons (Fsp3) is 0.462. The molecule has 4 amide bonds. The fourth-order valence-corrected chi connectivity index (χ4v) is 5.57. The molecule has 1 aromatic carbocycles. The van der Waals surface area contributed by atoms with E-state index < -0.39 is 11.6 Å². The van der Waals surface area contributed by atoms with Crippen LogP contribution in [0.4, 0.5) is 9.18 Å². The number of halogens is 1. The quantitative estimate of drug-likeness (QED) is 0.595. The van der Waals surface area contributed by atoms with Gasteiger partial charge in [-0.1, -0.05) is 12.1 Å². The van der Waals surface area contributed by atoms with E-state index in [2.05, 4.69) is 10.3 Å². The molecule has 3 saturated heterocycles. The number of imide groups is 1. The number of aromatic amines is 1. The third-order valence-corrected chi connectivity index (χ3v) is 7.52. The molecule has 36 heavy (non-hydrogen) atoms. The van der Waals surface area contributed by atoms with Crippen LogP contribution >= 0.6 is 0 Å². The van der Waals surface area contributed by atoms with Crippen LogP contribution in [0.3, 0.4) is 0 Å². The number of hydrogen-bond donors (Lipinski definition) is 2. The zero-order chi connectivity index (χ0) is 25.3. The maximum absolute atomic E-state index is 13.9. The van der Waals surface area contributed by atoms with Crippen LogP contribution in [0.5, 0.6) is 0 Å². The Morgan fingerprint density at radius 1 is 1.06 bits per heavy atom. The Bertz CT molecular complexity index is 1180. The second-order valence-electron chi connectivity index (χ2n) is 9.76. The molecular formula is C26H29FN4O5. The predicted octanol–water partition coefficient (Wildman–Crippen LogP) is 2.08. The number of amides is 4. The highest BCUT2D eigenvalue weighted by molar-refractivity contribution is 6.07. The molecule has 1 aromatic heterocycles. The summed E-state index contributed by atoms with van der Waals surface area (Å²) in [6.07, 6.45) is 4.18. The highest BCUT2D eigenvalue weighted by Crippen LogP contribution is 2.37. The minimum atomic E-state index is -1.18. The Balaban J connectivity index is 1.36. The van der Waals surface area contributed by atoms with Crippen molar-refractivity contribution in [2.45, 2.75) is 43.7 Å². The van der Waals surface area contributed by atoms with Gasteiger partial charge in [-0.05, 0) is 55.4 Å². The summed E-state index contributed by atoms with van der Waals surface area (Å²) in [7, 11) is 0. The number of likely N-dealkylation sites (tertiary alicyclic amines) is 1. The van der Waals surface area contributed by atoms with Crippen molar-refractivity contribution in [1.82, 2.24) is 20.1 Å². The van der Waals surface area contributed by atoms with E-state index in [1.807, 2.05) is 0 Å². The molecule has 0 aliphatic carbocycles. The summed E-state index contributed by atoms with van der Waals surface area (Å²) in [5, 5.41) is 3.00. The average molecular weight is 497 g/mol. The van der Waals surface area contributed by atoms with E-state index in [1.165, 1.54) is 35.4 Å². The molecule has 2 aromatic rings. The van der Waals surface area contributed by atoms with Gasteiger partial charge in [-0.15, -0.1) is 0 Å². The molecule has 190 valence electrons. The highest BCUT2D eigenvalue weighted by Gasteiger charge is 2.56. The summed E-state index contributed by atoms with van der Waals surface area (Å²) in [5.74, 6) is -1.08. The van der Waals surface area contributed by atoms with E-state index in [9.17, 15) is 23.6 Å². The largest absolute Gasteiger partial charge is 0.376 e. The smallest absolute Gasteiger partial charge is 0.325 e. The van der Waals surface area contributed by atoms with Gasteiger partial charge in [0.15, 0.2) is 0 Å². The zero-order valence-corrected chi connectivity index (χ0v) is 19.9. The lowest BCUT2D eigenvalue weighted by Gasteiger charge is -2.41. The Morgan fingerprint density at radius 3 is 2.44 bits per heavy atom. The third-order valence-electron chi connectivity index (χ3n) is 7.52. The lowest BCUT2D eigenvalue weighted by molar-refractivity contribution is -0.135. The van der Waals surface area contributed by atoms with Crippen molar-refractivity contribution >= 4 is 17.8 Å². The van der Waals surface area contributed by atoms with Crippen LogP contribution in [-0.4, -0.2) is 70.5 Å². The first-order valence-corrected chi connectivity index (χ1v) is 12.3. The van der Waals surface area contributed by atoms with Crippen molar-refractivity contribution in [2.24, 2.45) is 5.92 Å². The molecule has 2 atom stereocenters. The lowest BCUT2D eigenvalue weighted by atomic mass is 9.73. The zero-order valence-electron chi connectivity index (χ0n) is 19.9. The second-order valence-corrected chi connectivity index (χ2v) is 9.76. The Hall–Kier alpha value is -3.53. The second kappa shape index (κ2) is 9.85. The van der Waals surface area contributed by atoms with Crippen molar-refractivity contribution in [3.8, 4) is 0 Å². The number of nitrogens with one attached hydrogen (secondary N) is 2. The lowest BCUT2D eigenvalue weighted by Crippen LogP contribution is -2.58. The molecule has 0 spiro atoms. The molecule has 0 saturated carbocycles. The summed E-state index contributed by atoms with van der Waals surface area (Å²) >= 11 is 0. The Kier molecular flexibility index (Phi) is 6.61. The Labute approximate surface area is 207 Å². The van der Waals surface area contributed by atoms with Crippen molar-refractivity contribution in [2.75, 3.05) is 26.2 Å². The number of rotatable bonds is 6. The topological polar surface area (TPSA) is 112 Å². The fourth-order valence-electron chi connectivity index (χ4n) is 5.57. The minimum Gasteiger partial charge on any atom is -0.376 e. The van der Waals surface area contributed by atoms with Gasteiger partial charge in [0.1, 0.15) is 11.4 Å². The summed E-state index contributed by atoms with van der Waals surface area (Å²) in [4.78, 5) is 56.6. The number of nitrogens with zero attached hydrogens (tertiary/aromatic N) is 2. The molecule has 0 bridgehead atoms. The normalized spacial score (nSPS) is 24.9. The highest BCUT2D eigenvalue weighted by atomic mass is 19.1. The summed E-state index contributed by atoms with van der Waals surface area (Å²) in [6.45, 7) is 1.64. The molecule has 5 rings (SSSR count). The van der Waals surface area contributed by atoms with Crippen molar-refractivity contribution in [3.63, 3.8) is 0 Å². The number of carbonyl (C=O) groups is 3. The van der Waals surface area contributed by atoms with Crippen LogP contribution in [0.25, 0.3) is 0 Å². The third kappa shape index (κ3) is 4.65. The van der Waals surface area contributed by atoms with Crippen LogP contribution < -0.4 is 10.9 Å². The first-order valence-electron chi connectivity index (χ1n) is 12.3. The number of piperidine rings is 1. The maximum atomic E-state index is 13.9. The monoisotopic (exact) mass is 496 g/mol. The molecule has 3 aliphatic rings. The van der Waals surface area contributed by atoms with Crippen LogP contribution in [0.15, 0.2) is 47.4 Å². The van der Waals surface area contributed by atoms with Crippen LogP contribution in [0.2, 0.25) is 0 Å². The molecule has 9 nitrogen and oxygen atoms in total. The first kappa shape index (κ1) is 24.2. The molecular weight excluding hydrogens is 467 g/mol. The van der Waals surface area contributed by atoms with Gasteiger partial charge in [0.05, 0.1) is 18.2 Å². The number of benzene rings is 1. The van der Waals surface area contributed by atoms with Gasteiger partial charge in [-0.3, -0.25) is 19.3 Å². The predicted molar refractivity (Wildman–Crippen MR) is 128 cm³/mol. The van der Waals surface area contributed by atoms with E-state index in [1.54, 1.807) is 17.0 Å². The van der Waals surface area contributed by atoms with Crippen molar-refractivity contribution in [1.29, 1.82) is 0 Å². The van der Waals surface area contributed by atoms with Crippen LogP contribution in [-0.2, 0) is 16.0 Å². The average Bonchev–Trinajstić information content (AvgIpc) is 3.49. The summed E-state index contributed by atoms with van der Waals surface area (Å²) < 4.78 is 19.2. The number of aromatic nitrogens is 1. The molecule has 3 aliphatic heterocycles. The minimum absolute atomic E-state index is 0.168. The molecule has 0 unspecified atom stereocenters. The van der Waals surface area contributed by atoms with Crippen molar-refractivity contribution < 1.29 is 23.5 Å². The van der Waals surface area contributed by atoms with Gasteiger partial charge in [0.25, 0.3) is 11.8 Å². The van der Waals surface area contributed by atoms with Gasteiger partial charge in [0.2, 0.25) is 5.56 Å². The van der Waals surface area contributed by atoms with E-state index in [0.29, 0.717) is 38.1 Å². The standard InChI is InChI=1S/C26H29FN4O5/c27-20-6-3-17(4-7-20)14-26(24(34)31(25(35)29-26)16-21-2-1-13-36-21)19-9-11-30(12-10-19)23(33)18-5-8-22(32)28-15-18/h3-8,15,19,21H,1-2,9-14,16H2,(H,28,32)(H,29,35)/t21-,26+/m0/s1. The van der Waals surface area contributed by atoms with Gasteiger partial charge < -0.3 is 19.9 Å². The molecule has 0 radical (unpaired) electrons. The van der Waals surface area contributed by atoms with E-state index >= 15 is 0 Å². The van der Waals surface area contributed by atoms with Crippen LogP contribution in [0, 0.1) is 11.7 Å². The van der Waals surface area contributed by atoms with Gasteiger partial charge >= 0.3 is 6.03 Å². The Morgan fingerprint density at radius 2 is 1.81 bits per heavy atom. The van der Waals surface area contributed by atoms with E-state index in [4.69, 9.17) is 4.74 Å². The molecule has 4 heterocycles. The summed E-state index contributed by atoms with van der Waals surface area (Å²) in [5.41, 5.74) is -0.324. The van der Waals surface area contributed by atoms with E-state index in [0.717, 1.165) is 18.4 Å². The first-order chi connectivity index (χ1) is 17.4. The molecule has 2 N–H and O–H groups in total. The number of hydrogen-bond acceptors (Lipinski definition) is 5. The number of H-pyrrole nitrogens is 1. The molecule has 3 fully saturated rings. The molecule has 10 heteroatoms.